The lowest BCUT2D eigenvalue weighted by Gasteiger charge is -2.33. The first kappa shape index (κ1) is 24.0. The van der Waals surface area contributed by atoms with Crippen molar-refractivity contribution in [2.75, 3.05) is 13.1 Å². The minimum atomic E-state index is -0.636. The van der Waals surface area contributed by atoms with Crippen molar-refractivity contribution in [3.63, 3.8) is 0 Å². The molecule has 0 spiro atoms. The minimum Gasteiger partial charge on any atom is -0.476 e. The molecule has 0 heterocycles. The zero-order chi connectivity index (χ0) is 22.9. The fraction of sp³-hybridized carbons (Fsp3) is 0.333. The van der Waals surface area contributed by atoms with Crippen LogP contribution < -0.4 is 10.5 Å². The summed E-state index contributed by atoms with van der Waals surface area (Å²) in [5.41, 5.74) is 8.59. The van der Waals surface area contributed by atoms with Crippen molar-refractivity contribution in [1.29, 1.82) is 0 Å². The third-order valence-corrected chi connectivity index (χ3v) is 5.58. The Morgan fingerprint density at radius 3 is 1.66 bits per heavy atom. The molecule has 5 heteroatoms. The van der Waals surface area contributed by atoms with Crippen molar-refractivity contribution in [2.24, 2.45) is 5.73 Å². The molecule has 0 bridgehead atoms. The molecule has 0 aromatic heterocycles. The van der Waals surface area contributed by atoms with E-state index in [1.54, 1.807) is 6.92 Å². The number of rotatable bonds is 11. The van der Waals surface area contributed by atoms with Gasteiger partial charge in [-0.15, -0.1) is 0 Å². The maximum Gasteiger partial charge on any atom is 0.144 e. The van der Waals surface area contributed by atoms with Crippen LogP contribution in [0.15, 0.2) is 84.9 Å². The van der Waals surface area contributed by atoms with E-state index in [9.17, 15) is 10.2 Å². The van der Waals surface area contributed by atoms with Crippen molar-refractivity contribution in [3.05, 3.63) is 102 Å². The van der Waals surface area contributed by atoms with Crippen molar-refractivity contribution in [1.82, 2.24) is 4.90 Å². The van der Waals surface area contributed by atoms with E-state index in [1.807, 2.05) is 84.9 Å². The molecule has 5 nitrogen and oxygen atoms in total. The summed E-state index contributed by atoms with van der Waals surface area (Å²) in [6, 6.07) is 27.3. The van der Waals surface area contributed by atoms with Crippen LogP contribution in [0.4, 0.5) is 0 Å². The van der Waals surface area contributed by atoms with E-state index in [2.05, 4.69) is 11.8 Å². The number of nitrogens with two attached hydrogens (primary N) is 1. The van der Waals surface area contributed by atoms with E-state index in [0.717, 1.165) is 28.9 Å². The molecule has 0 amide bonds. The maximum atomic E-state index is 10.9. The van der Waals surface area contributed by atoms with E-state index in [-0.39, 0.29) is 12.3 Å². The van der Waals surface area contributed by atoms with Crippen molar-refractivity contribution < 1.29 is 14.9 Å². The van der Waals surface area contributed by atoms with Gasteiger partial charge in [0.15, 0.2) is 0 Å². The van der Waals surface area contributed by atoms with Gasteiger partial charge in [0, 0.05) is 19.1 Å². The largest absolute Gasteiger partial charge is 0.476 e. The molecule has 4 N–H and O–H groups in total. The van der Waals surface area contributed by atoms with Crippen LogP contribution in [0, 0.1) is 0 Å². The molecule has 4 unspecified atom stereocenters. The second-order valence-corrected chi connectivity index (χ2v) is 8.33. The van der Waals surface area contributed by atoms with Gasteiger partial charge in [-0.3, -0.25) is 10.6 Å². The molecule has 0 saturated heterocycles. The Hall–Kier alpha value is -2.70. The van der Waals surface area contributed by atoms with Crippen LogP contribution in [0.1, 0.15) is 42.7 Å². The summed E-state index contributed by atoms with van der Waals surface area (Å²) in [4.78, 5) is 2.15. The number of benzene rings is 3. The molecule has 0 aliphatic heterocycles. The molecular weight excluding hydrogens is 400 g/mol. The zero-order valence-corrected chi connectivity index (χ0v) is 18.8. The maximum absolute atomic E-state index is 10.9. The lowest BCUT2D eigenvalue weighted by molar-refractivity contribution is 0.0480. The van der Waals surface area contributed by atoms with Crippen LogP contribution in [0.2, 0.25) is 0 Å². The number of hydrogen-bond acceptors (Lipinski definition) is 5. The van der Waals surface area contributed by atoms with E-state index in [4.69, 9.17) is 10.5 Å². The Bertz CT molecular complexity index is 869. The molecule has 3 aromatic rings. The van der Waals surface area contributed by atoms with Gasteiger partial charge >= 0.3 is 0 Å². The van der Waals surface area contributed by atoms with Crippen LogP contribution in [0.5, 0.6) is 5.75 Å². The molecule has 0 radical (unpaired) electrons. The Kier molecular flexibility index (Phi) is 8.82. The van der Waals surface area contributed by atoms with Crippen LogP contribution in [0.25, 0.3) is 0 Å². The third kappa shape index (κ3) is 7.18. The SMILES string of the molecule is CC(N)Oc1ccc(CC(C)N(CC(O)c2ccccc2)CC(O)c2ccccc2)cc1. The predicted molar refractivity (Wildman–Crippen MR) is 128 cm³/mol. The molecule has 4 atom stereocenters. The monoisotopic (exact) mass is 434 g/mol. The Labute approximate surface area is 191 Å². The van der Waals surface area contributed by atoms with E-state index in [1.165, 1.54) is 0 Å². The van der Waals surface area contributed by atoms with Crippen molar-refractivity contribution in [2.45, 2.75) is 44.7 Å². The van der Waals surface area contributed by atoms with Crippen LogP contribution in [0.3, 0.4) is 0 Å². The summed E-state index contributed by atoms with van der Waals surface area (Å²) in [6.45, 7) is 4.79. The van der Waals surface area contributed by atoms with Gasteiger partial charge in [0.1, 0.15) is 12.0 Å². The van der Waals surface area contributed by atoms with Gasteiger partial charge in [-0.25, -0.2) is 0 Å². The average molecular weight is 435 g/mol. The highest BCUT2D eigenvalue weighted by Crippen LogP contribution is 2.22. The second-order valence-electron chi connectivity index (χ2n) is 8.33. The molecule has 0 aliphatic rings. The third-order valence-electron chi connectivity index (χ3n) is 5.58. The molecule has 32 heavy (non-hydrogen) atoms. The fourth-order valence-corrected chi connectivity index (χ4v) is 3.83. The van der Waals surface area contributed by atoms with Crippen LogP contribution >= 0.6 is 0 Å². The average Bonchev–Trinajstić information content (AvgIpc) is 2.80. The van der Waals surface area contributed by atoms with Crippen molar-refractivity contribution >= 4 is 0 Å². The van der Waals surface area contributed by atoms with Gasteiger partial charge in [0.25, 0.3) is 0 Å². The zero-order valence-electron chi connectivity index (χ0n) is 18.8. The summed E-state index contributed by atoms with van der Waals surface area (Å²) in [5, 5.41) is 21.7. The Balaban J connectivity index is 1.72. The van der Waals surface area contributed by atoms with Gasteiger partial charge in [0.05, 0.1) is 12.2 Å². The number of nitrogens with zero attached hydrogens (tertiary/aromatic N) is 1. The lowest BCUT2D eigenvalue weighted by atomic mass is 10.0. The molecule has 0 aliphatic carbocycles. The summed E-state index contributed by atoms with van der Waals surface area (Å²) < 4.78 is 5.53. The highest BCUT2D eigenvalue weighted by Gasteiger charge is 2.22. The number of hydrogen-bond donors (Lipinski definition) is 3. The Morgan fingerprint density at radius 1 is 0.750 bits per heavy atom. The first-order chi connectivity index (χ1) is 15.4. The predicted octanol–water partition coefficient (Wildman–Crippen LogP) is 4.07. The smallest absolute Gasteiger partial charge is 0.144 e. The molecule has 170 valence electrons. The molecule has 3 aromatic carbocycles. The molecule has 3 rings (SSSR count). The quantitative estimate of drug-likeness (QED) is 0.397. The normalized spacial score (nSPS) is 15.2. The van der Waals surface area contributed by atoms with Gasteiger partial charge in [0.2, 0.25) is 0 Å². The van der Waals surface area contributed by atoms with Crippen LogP contribution in [-0.4, -0.2) is 40.5 Å². The fourth-order valence-electron chi connectivity index (χ4n) is 3.83. The Morgan fingerprint density at radius 2 is 1.22 bits per heavy atom. The molecule has 0 fully saturated rings. The summed E-state index contributed by atoms with van der Waals surface area (Å²) in [6.07, 6.45) is -0.845. The lowest BCUT2D eigenvalue weighted by Crippen LogP contribution is -2.40. The van der Waals surface area contributed by atoms with E-state index < -0.39 is 12.2 Å². The number of ether oxygens (including phenoxy) is 1. The topological polar surface area (TPSA) is 79.0 Å². The summed E-state index contributed by atoms with van der Waals surface area (Å²) >= 11 is 0. The van der Waals surface area contributed by atoms with Gasteiger partial charge < -0.3 is 14.9 Å². The highest BCUT2D eigenvalue weighted by atomic mass is 16.5. The molecule has 0 saturated carbocycles. The standard InChI is InChI=1S/C27H34N2O3/c1-20(17-22-13-15-25(16-14-22)32-21(2)28)29(18-26(30)23-9-5-3-6-10-23)19-27(31)24-11-7-4-8-12-24/h3-16,20-21,26-27,30-31H,17-19,28H2,1-2H3. The minimum absolute atomic E-state index is 0.104. The van der Waals surface area contributed by atoms with E-state index in [0.29, 0.717) is 13.1 Å². The summed E-state index contributed by atoms with van der Waals surface area (Å²) in [7, 11) is 0. The number of aliphatic hydroxyl groups is 2. The van der Waals surface area contributed by atoms with E-state index >= 15 is 0 Å². The summed E-state index contributed by atoms with van der Waals surface area (Å²) in [5.74, 6) is 0.743. The second kappa shape index (κ2) is 11.8. The number of aliphatic hydroxyl groups excluding tert-OH is 2. The van der Waals surface area contributed by atoms with Crippen molar-refractivity contribution in [3.8, 4) is 5.75 Å². The van der Waals surface area contributed by atoms with Gasteiger partial charge in [-0.1, -0.05) is 72.8 Å². The molecular formula is C27H34N2O3. The van der Waals surface area contributed by atoms with Crippen LogP contribution in [-0.2, 0) is 6.42 Å². The first-order valence-corrected chi connectivity index (χ1v) is 11.1. The highest BCUT2D eigenvalue weighted by molar-refractivity contribution is 5.28. The van der Waals surface area contributed by atoms with Gasteiger partial charge in [-0.2, -0.15) is 0 Å². The van der Waals surface area contributed by atoms with Gasteiger partial charge in [-0.05, 0) is 49.1 Å². The first-order valence-electron chi connectivity index (χ1n) is 11.1.